The second-order valence-corrected chi connectivity index (χ2v) is 4.01. The molecule has 0 bridgehead atoms. The van der Waals surface area contributed by atoms with Gasteiger partial charge in [0.1, 0.15) is 6.61 Å². The first kappa shape index (κ1) is 18.4. The van der Waals surface area contributed by atoms with Gasteiger partial charge in [-0.2, -0.15) is 0 Å². The van der Waals surface area contributed by atoms with Gasteiger partial charge in [-0.05, 0) is 13.8 Å². The van der Waals surface area contributed by atoms with E-state index in [0.29, 0.717) is 59.5 Å². The third-order valence-corrected chi connectivity index (χ3v) is 1.98. The zero-order chi connectivity index (χ0) is 14.2. The molecule has 0 aliphatic heterocycles. The third-order valence-electron chi connectivity index (χ3n) is 1.98. The van der Waals surface area contributed by atoms with Crippen molar-refractivity contribution in [2.24, 2.45) is 0 Å². The minimum atomic E-state index is 0.251. The molecule has 0 aromatic rings. The first-order chi connectivity index (χ1) is 9.27. The van der Waals surface area contributed by atoms with Crippen LogP contribution in [0, 0.1) is 12.3 Å². The normalized spacial score (nSPS) is 10.8. The molecule has 0 aliphatic rings. The van der Waals surface area contributed by atoms with Crippen LogP contribution in [0.25, 0.3) is 0 Å². The van der Waals surface area contributed by atoms with Gasteiger partial charge < -0.3 is 23.7 Å². The molecule has 0 aromatic heterocycles. The zero-order valence-corrected chi connectivity index (χ0v) is 12.1. The molecular formula is C14H26O5. The lowest BCUT2D eigenvalue weighted by Crippen LogP contribution is -2.14. The van der Waals surface area contributed by atoms with Crippen LogP contribution in [0.15, 0.2) is 0 Å². The zero-order valence-electron chi connectivity index (χ0n) is 12.1. The molecule has 0 saturated heterocycles. The van der Waals surface area contributed by atoms with Crippen molar-refractivity contribution in [2.45, 2.75) is 20.0 Å². The standard InChI is InChI=1S/C14H26O5/c1-4-5-15-6-7-16-8-9-17-10-11-18-12-13-19-14(2)3/h1,14H,5-13H2,2-3H3. The molecule has 0 spiro atoms. The summed E-state index contributed by atoms with van der Waals surface area (Å²) < 4.78 is 26.3. The fraction of sp³-hybridized carbons (Fsp3) is 0.857. The largest absolute Gasteiger partial charge is 0.377 e. The average molecular weight is 274 g/mol. The number of terminal acetylenes is 1. The van der Waals surface area contributed by atoms with Crippen molar-refractivity contribution in [3.05, 3.63) is 0 Å². The van der Waals surface area contributed by atoms with Crippen molar-refractivity contribution >= 4 is 0 Å². The summed E-state index contributed by atoms with van der Waals surface area (Å²) in [6.07, 6.45) is 5.28. The molecule has 0 aliphatic carbocycles. The molecule has 19 heavy (non-hydrogen) atoms. The second-order valence-electron chi connectivity index (χ2n) is 4.01. The van der Waals surface area contributed by atoms with Gasteiger partial charge in [-0.25, -0.2) is 0 Å². The van der Waals surface area contributed by atoms with Gasteiger partial charge in [0.05, 0.1) is 59.0 Å². The average Bonchev–Trinajstić information content (AvgIpc) is 2.39. The summed E-state index contributed by atoms with van der Waals surface area (Å²) >= 11 is 0. The summed E-state index contributed by atoms with van der Waals surface area (Å²) in [5.74, 6) is 2.39. The van der Waals surface area contributed by atoms with Gasteiger partial charge in [0.25, 0.3) is 0 Å². The number of hydrogen-bond acceptors (Lipinski definition) is 5. The number of hydrogen-bond donors (Lipinski definition) is 0. The van der Waals surface area contributed by atoms with Crippen molar-refractivity contribution in [3.63, 3.8) is 0 Å². The SMILES string of the molecule is C#CCOCCOCCOCCOCCOC(C)C. The van der Waals surface area contributed by atoms with Crippen LogP contribution in [0.2, 0.25) is 0 Å². The molecule has 0 N–H and O–H groups in total. The lowest BCUT2D eigenvalue weighted by Gasteiger charge is -2.08. The molecule has 0 unspecified atom stereocenters. The summed E-state index contributed by atoms with van der Waals surface area (Å²) in [6, 6.07) is 0. The summed E-state index contributed by atoms with van der Waals surface area (Å²) in [5, 5.41) is 0. The maximum absolute atomic E-state index is 5.33. The Balaban J connectivity index is 2.94. The van der Waals surface area contributed by atoms with E-state index in [1.165, 1.54) is 0 Å². The molecule has 0 heterocycles. The van der Waals surface area contributed by atoms with Gasteiger partial charge in [0.2, 0.25) is 0 Å². The monoisotopic (exact) mass is 274 g/mol. The second kappa shape index (κ2) is 15.4. The van der Waals surface area contributed by atoms with Crippen molar-refractivity contribution in [3.8, 4) is 12.3 Å². The van der Waals surface area contributed by atoms with Crippen LogP contribution in [0.3, 0.4) is 0 Å². The summed E-state index contributed by atoms with van der Waals surface area (Å²) in [4.78, 5) is 0. The quantitative estimate of drug-likeness (QED) is 0.351. The van der Waals surface area contributed by atoms with E-state index >= 15 is 0 Å². The Morgan fingerprint density at radius 3 is 1.58 bits per heavy atom. The van der Waals surface area contributed by atoms with E-state index in [0.717, 1.165) is 0 Å². The summed E-state index contributed by atoms with van der Waals surface area (Å²) in [6.45, 7) is 8.86. The van der Waals surface area contributed by atoms with E-state index in [2.05, 4.69) is 5.92 Å². The first-order valence-corrected chi connectivity index (χ1v) is 6.63. The molecular weight excluding hydrogens is 248 g/mol. The van der Waals surface area contributed by atoms with E-state index in [9.17, 15) is 0 Å². The maximum atomic E-state index is 5.33. The van der Waals surface area contributed by atoms with Crippen LogP contribution in [0.1, 0.15) is 13.8 Å². The predicted molar refractivity (Wildman–Crippen MR) is 73.2 cm³/mol. The molecule has 0 aromatic carbocycles. The third kappa shape index (κ3) is 17.4. The lowest BCUT2D eigenvalue weighted by molar-refractivity contribution is -0.0163. The van der Waals surface area contributed by atoms with Crippen LogP contribution in [-0.4, -0.2) is 65.6 Å². The van der Waals surface area contributed by atoms with Crippen LogP contribution in [0.5, 0.6) is 0 Å². The molecule has 112 valence electrons. The first-order valence-electron chi connectivity index (χ1n) is 6.63. The maximum Gasteiger partial charge on any atom is 0.107 e. The Hall–Kier alpha value is -0.640. The molecule has 0 rings (SSSR count). The van der Waals surface area contributed by atoms with Gasteiger partial charge in [-0.15, -0.1) is 6.42 Å². The van der Waals surface area contributed by atoms with Gasteiger partial charge in [-0.1, -0.05) is 5.92 Å². The van der Waals surface area contributed by atoms with Crippen LogP contribution in [-0.2, 0) is 23.7 Å². The van der Waals surface area contributed by atoms with E-state index < -0.39 is 0 Å². The van der Waals surface area contributed by atoms with E-state index in [1.807, 2.05) is 13.8 Å². The lowest BCUT2D eigenvalue weighted by atomic mass is 10.5. The highest BCUT2D eigenvalue weighted by Crippen LogP contribution is 1.87. The molecule has 5 heteroatoms. The Bertz CT molecular complexity index is 212. The molecule has 0 amide bonds. The Morgan fingerprint density at radius 2 is 1.16 bits per heavy atom. The smallest absolute Gasteiger partial charge is 0.107 e. The van der Waals surface area contributed by atoms with Crippen molar-refractivity contribution in [1.82, 2.24) is 0 Å². The van der Waals surface area contributed by atoms with Gasteiger partial charge >= 0.3 is 0 Å². The van der Waals surface area contributed by atoms with Crippen LogP contribution < -0.4 is 0 Å². The molecule has 0 saturated carbocycles. The van der Waals surface area contributed by atoms with E-state index in [4.69, 9.17) is 30.1 Å². The molecule has 0 fully saturated rings. The van der Waals surface area contributed by atoms with Crippen molar-refractivity contribution in [1.29, 1.82) is 0 Å². The topological polar surface area (TPSA) is 46.2 Å². The van der Waals surface area contributed by atoms with Gasteiger partial charge in [0, 0.05) is 0 Å². The Kier molecular flexibility index (Phi) is 14.9. The van der Waals surface area contributed by atoms with Crippen molar-refractivity contribution < 1.29 is 23.7 Å². The molecule has 0 radical (unpaired) electrons. The molecule has 5 nitrogen and oxygen atoms in total. The summed E-state index contributed by atoms with van der Waals surface area (Å²) in [5.41, 5.74) is 0. The van der Waals surface area contributed by atoms with Crippen molar-refractivity contribution in [2.75, 3.05) is 59.5 Å². The minimum Gasteiger partial charge on any atom is -0.377 e. The van der Waals surface area contributed by atoms with Gasteiger partial charge in [0.15, 0.2) is 0 Å². The van der Waals surface area contributed by atoms with E-state index in [-0.39, 0.29) is 6.10 Å². The highest BCUT2D eigenvalue weighted by molar-refractivity contribution is 4.82. The highest BCUT2D eigenvalue weighted by Gasteiger charge is 1.94. The Labute approximate surface area is 116 Å². The Morgan fingerprint density at radius 1 is 0.737 bits per heavy atom. The van der Waals surface area contributed by atoms with E-state index in [1.54, 1.807) is 0 Å². The fourth-order valence-electron chi connectivity index (χ4n) is 1.13. The number of ether oxygens (including phenoxy) is 5. The summed E-state index contributed by atoms with van der Waals surface area (Å²) in [7, 11) is 0. The molecule has 0 atom stereocenters. The van der Waals surface area contributed by atoms with Crippen LogP contribution in [0.4, 0.5) is 0 Å². The predicted octanol–water partition coefficient (Wildman–Crippen LogP) is 1.11. The van der Waals surface area contributed by atoms with Gasteiger partial charge in [-0.3, -0.25) is 0 Å². The minimum absolute atomic E-state index is 0.251. The fourth-order valence-corrected chi connectivity index (χ4v) is 1.13. The van der Waals surface area contributed by atoms with Crippen LogP contribution >= 0.6 is 0 Å². The highest BCUT2D eigenvalue weighted by atomic mass is 16.6. The number of rotatable bonds is 14.